The van der Waals surface area contributed by atoms with Crippen molar-refractivity contribution in [2.75, 3.05) is 13.7 Å². The van der Waals surface area contributed by atoms with Crippen molar-refractivity contribution >= 4 is 30.1 Å². The molecule has 10 heteroatoms. The number of hydrogen-bond acceptors (Lipinski definition) is 7. The van der Waals surface area contributed by atoms with Crippen LogP contribution in [0.5, 0.6) is 11.5 Å². The summed E-state index contributed by atoms with van der Waals surface area (Å²) in [4.78, 5) is 42.4. The third kappa shape index (κ3) is 6.48. The molecule has 0 unspecified atom stereocenters. The Bertz CT molecular complexity index is 1270. The normalized spacial score (nSPS) is 10.4. The number of amides is 1. The molecule has 0 spiro atoms. The van der Waals surface area contributed by atoms with E-state index in [0.717, 1.165) is 5.56 Å². The number of nitrogens with one attached hydrogen (secondary N) is 2. The lowest BCUT2D eigenvalue weighted by Crippen LogP contribution is -2.29. The first kappa shape index (κ1) is 24.6. The predicted molar refractivity (Wildman–Crippen MR) is 129 cm³/mol. The topological polar surface area (TPSA) is 131 Å². The molecule has 0 saturated heterocycles. The van der Waals surface area contributed by atoms with Crippen molar-refractivity contribution in [3.63, 3.8) is 0 Å². The van der Waals surface area contributed by atoms with Gasteiger partial charge in [-0.3, -0.25) is 14.4 Å². The fourth-order valence-electron chi connectivity index (χ4n) is 3.06. The minimum atomic E-state index is -0.924. The standard InChI is InChI=1S/C24H23N3O6S/c1-14(13-33-17-8-6-15(7-9-17)11-19(28)29)20-22(30)26-21(27-24(20)34)23(31)25-12-16-4-3-5-18(10-16)32-2/h3-10H,1,11-13H2,2H3,(H,25,31)(H,28,29)(H2,26,27,30,34). The van der Waals surface area contributed by atoms with E-state index in [9.17, 15) is 14.4 Å². The summed E-state index contributed by atoms with van der Waals surface area (Å²) < 4.78 is 10.8. The molecule has 1 amide bonds. The zero-order valence-electron chi connectivity index (χ0n) is 18.3. The second kappa shape index (κ2) is 11.2. The summed E-state index contributed by atoms with van der Waals surface area (Å²) in [5.41, 5.74) is 1.31. The Hall–Kier alpha value is -4.05. The van der Waals surface area contributed by atoms with Crippen molar-refractivity contribution in [3.8, 4) is 11.5 Å². The molecule has 3 aromatic rings. The molecule has 0 aliphatic carbocycles. The van der Waals surface area contributed by atoms with Crippen LogP contribution in [0.1, 0.15) is 27.3 Å². The molecule has 0 saturated carbocycles. The van der Waals surface area contributed by atoms with E-state index >= 15 is 0 Å². The molecule has 1 heterocycles. The first-order valence-electron chi connectivity index (χ1n) is 10.1. The Morgan fingerprint density at radius 3 is 2.53 bits per heavy atom. The molecule has 3 N–H and O–H groups in total. The quantitative estimate of drug-likeness (QED) is 0.259. The molecule has 0 atom stereocenters. The third-order valence-electron chi connectivity index (χ3n) is 4.75. The second-order valence-corrected chi connectivity index (χ2v) is 7.68. The number of methoxy groups -OCH3 is 1. The molecular formula is C24H23N3O6S. The molecule has 9 nitrogen and oxygen atoms in total. The number of nitrogens with zero attached hydrogens (tertiary/aromatic N) is 1. The highest BCUT2D eigenvalue weighted by Gasteiger charge is 2.17. The number of ether oxygens (including phenoxy) is 2. The van der Waals surface area contributed by atoms with E-state index in [4.69, 9.17) is 14.6 Å². The van der Waals surface area contributed by atoms with Gasteiger partial charge in [0, 0.05) is 6.54 Å². The molecule has 3 rings (SSSR count). The number of aromatic nitrogens is 2. The maximum atomic E-state index is 12.6. The first-order valence-corrected chi connectivity index (χ1v) is 10.6. The summed E-state index contributed by atoms with van der Waals surface area (Å²) in [5, 5.41) is 11.6. The van der Waals surface area contributed by atoms with Crippen LogP contribution in [0.3, 0.4) is 0 Å². The average molecular weight is 482 g/mol. The van der Waals surface area contributed by atoms with Gasteiger partial charge in [0.25, 0.3) is 11.5 Å². The highest BCUT2D eigenvalue weighted by molar-refractivity contribution is 7.80. The van der Waals surface area contributed by atoms with Gasteiger partial charge in [0.2, 0.25) is 0 Å². The lowest BCUT2D eigenvalue weighted by Gasteiger charge is -2.11. The molecule has 0 bridgehead atoms. The van der Waals surface area contributed by atoms with Crippen LogP contribution in [0.25, 0.3) is 5.57 Å². The van der Waals surface area contributed by atoms with Gasteiger partial charge in [0.15, 0.2) is 5.82 Å². The fraction of sp³-hybridized carbons (Fsp3) is 0.167. The van der Waals surface area contributed by atoms with Crippen LogP contribution in [0, 0.1) is 0 Å². The molecular weight excluding hydrogens is 458 g/mol. The number of rotatable bonds is 10. The van der Waals surface area contributed by atoms with Crippen molar-refractivity contribution in [2.45, 2.75) is 18.0 Å². The zero-order valence-corrected chi connectivity index (χ0v) is 19.2. The SMILES string of the molecule is C=C(COc1ccc(CC(=O)O)cc1)c1c(S)nc(C(=O)NCc2cccc(OC)c2)[nH]c1=O. The number of hydrogen-bond donors (Lipinski definition) is 4. The summed E-state index contributed by atoms with van der Waals surface area (Å²) in [6.45, 7) is 4.05. The van der Waals surface area contributed by atoms with Gasteiger partial charge in [0.1, 0.15) is 23.1 Å². The lowest BCUT2D eigenvalue weighted by molar-refractivity contribution is -0.136. The maximum absolute atomic E-state index is 12.6. The van der Waals surface area contributed by atoms with Gasteiger partial charge in [0.05, 0.1) is 19.1 Å². The smallest absolute Gasteiger partial charge is 0.307 e. The van der Waals surface area contributed by atoms with Crippen molar-refractivity contribution in [1.82, 2.24) is 15.3 Å². The van der Waals surface area contributed by atoms with Gasteiger partial charge in [-0.1, -0.05) is 30.8 Å². The Morgan fingerprint density at radius 2 is 1.88 bits per heavy atom. The number of aromatic amines is 1. The van der Waals surface area contributed by atoms with Gasteiger partial charge >= 0.3 is 5.97 Å². The van der Waals surface area contributed by atoms with Crippen LogP contribution in [0.15, 0.2) is 64.9 Å². The number of H-pyrrole nitrogens is 1. The fourth-order valence-corrected chi connectivity index (χ4v) is 3.42. The van der Waals surface area contributed by atoms with Gasteiger partial charge < -0.3 is 24.9 Å². The number of carboxylic acids is 1. The van der Waals surface area contributed by atoms with Gasteiger partial charge in [-0.05, 0) is 41.0 Å². The van der Waals surface area contributed by atoms with Crippen LogP contribution in [0.2, 0.25) is 0 Å². The first-order chi connectivity index (χ1) is 16.3. The number of aliphatic carboxylic acids is 1. The number of carboxylic acid groups (broad SMARTS) is 1. The van der Waals surface area contributed by atoms with E-state index in [0.29, 0.717) is 22.6 Å². The summed E-state index contributed by atoms with van der Waals surface area (Å²) in [5.74, 6) is -0.520. The minimum Gasteiger partial charge on any atom is -0.497 e. The van der Waals surface area contributed by atoms with Crippen LogP contribution in [-0.2, 0) is 17.8 Å². The maximum Gasteiger partial charge on any atom is 0.307 e. The monoisotopic (exact) mass is 481 g/mol. The second-order valence-electron chi connectivity index (χ2n) is 7.25. The van der Waals surface area contributed by atoms with Crippen molar-refractivity contribution in [1.29, 1.82) is 0 Å². The lowest BCUT2D eigenvalue weighted by atomic mass is 10.1. The minimum absolute atomic E-state index is 0.0298. The van der Waals surface area contributed by atoms with E-state index in [1.165, 1.54) is 0 Å². The van der Waals surface area contributed by atoms with Crippen LogP contribution in [0.4, 0.5) is 0 Å². The Kier molecular flexibility index (Phi) is 8.10. The largest absolute Gasteiger partial charge is 0.497 e. The van der Waals surface area contributed by atoms with Crippen molar-refractivity contribution < 1.29 is 24.2 Å². The van der Waals surface area contributed by atoms with Crippen LogP contribution < -0.4 is 20.3 Å². The zero-order chi connectivity index (χ0) is 24.7. The number of thiol groups is 1. The third-order valence-corrected chi connectivity index (χ3v) is 5.07. The highest BCUT2D eigenvalue weighted by Crippen LogP contribution is 2.19. The number of benzene rings is 2. The van der Waals surface area contributed by atoms with Gasteiger partial charge in [-0.15, -0.1) is 12.6 Å². The van der Waals surface area contributed by atoms with E-state index < -0.39 is 17.4 Å². The molecule has 34 heavy (non-hydrogen) atoms. The van der Waals surface area contributed by atoms with Crippen LogP contribution >= 0.6 is 12.6 Å². The van der Waals surface area contributed by atoms with Gasteiger partial charge in [-0.25, -0.2) is 4.98 Å². The van der Waals surface area contributed by atoms with Crippen molar-refractivity contribution in [2.24, 2.45) is 0 Å². The van der Waals surface area contributed by atoms with E-state index in [1.54, 1.807) is 49.6 Å². The van der Waals surface area contributed by atoms with E-state index in [2.05, 4.69) is 34.5 Å². The van der Waals surface area contributed by atoms with Gasteiger partial charge in [-0.2, -0.15) is 0 Å². The molecule has 0 aliphatic rings. The summed E-state index contributed by atoms with van der Waals surface area (Å²) >= 11 is 4.26. The number of carbonyl (C=O) groups excluding carboxylic acids is 1. The molecule has 2 aromatic carbocycles. The summed E-state index contributed by atoms with van der Waals surface area (Å²) in [6.07, 6.45) is -0.0868. The number of carbonyl (C=O) groups is 2. The molecule has 176 valence electrons. The average Bonchev–Trinajstić information content (AvgIpc) is 2.81. The Labute approximate surface area is 200 Å². The Morgan fingerprint density at radius 1 is 1.15 bits per heavy atom. The highest BCUT2D eigenvalue weighted by atomic mass is 32.1. The summed E-state index contributed by atoms with van der Waals surface area (Å²) in [7, 11) is 1.55. The molecule has 0 aliphatic heterocycles. The van der Waals surface area contributed by atoms with E-state index in [-0.39, 0.29) is 36.0 Å². The van der Waals surface area contributed by atoms with Crippen molar-refractivity contribution in [3.05, 3.63) is 88.0 Å². The molecule has 1 aromatic heterocycles. The Balaban J connectivity index is 1.63. The summed E-state index contributed by atoms with van der Waals surface area (Å²) in [6, 6.07) is 13.8. The van der Waals surface area contributed by atoms with E-state index in [1.807, 2.05) is 6.07 Å². The molecule has 0 radical (unpaired) electrons. The van der Waals surface area contributed by atoms with Crippen LogP contribution in [-0.4, -0.2) is 40.7 Å². The molecule has 0 fully saturated rings. The predicted octanol–water partition coefficient (Wildman–Crippen LogP) is 2.72.